The molecule has 0 atom stereocenters. The molecule has 0 spiro atoms. The van der Waals surface area contributed by atoms with Crippen molar-refractivity contribution in [1.29, 1.82) is 0 Å². The molecular weight excluding hydrogens is 356 g/mol. The summed E-state index contributed by atoms with van der Waals surface area (Å²) in [5.74, 6) is 1.08. The number of anilines is 1. The number of pyridine rings is 1. The molecular formula is C22H24N2O2S. The molecule has 0 radical (unpaired) electrons. The van der Waals surface area contributed by atoms with Gasteiger partial charge < -0.3 is 10.1 Å². The third-order valence-electron chi connectivity index (χ3n) is 4.53. The maximum absolute atomic E-state index is 12.5. The summed E-state index contributed by atoms with van der Waals surface area (Å²) in [6, 6.07) is 14.0. The Balaban J connectivity index is 1.78. The van der Waals surface area contributed by atoms with Gasteiger partial charge in [-0.3, -0.25) is 4.79 Å². The van der Waals surface area contributed by atoms with Gasteiger partial charge in [-0.05, 0) is 55.2 Å². The summed E-state index contributed by atoms with van der Waals surface area (Å²) in [6.07, 6.45) is 0.871. The van der Waals surface area contributed by atoms with Gasteiger partial charge in [0.2, 0.25) is 5.91 Å². The molecule has 0 aliphatic carbocycles. The predicted octanol–water partition coefficient (Wildman–Crippen LogP) is 5.15. The second kappa shape index (κ2) is 8.44. The van der Waals surface area contributed by atoms with Crippen LogP contribution >= 0.6 is 11.8 Å². The topological polar surface area (TPSA) is 51.2 Å². The second-order valence-corrected chi connectivity index (χ2v) is 7.43. The molecule has 27 heavy (non-hydrogen) atoms. The molecule has 1 aromatic heterocycles. The molecule has 140 valence electrons. The van der Waals surface area contributed by atoms with Crippen LogP contribution in [0.15, 0.2) is 47.5 Å². The summed E-state index contributed by atoms with van der Waals surface area (Å²) in [7, 11) is 1.65. The van der Waals surface area contributed by atoms with Gasteiger partial charge in [-0.1, -0.05) is 36.9 Å². The normalized spacial score (nSPS) is 10.8. The molecule has 2 aromatic carbocycles. The lowest BCUT2D eigenvalue weighted by Crippen LogP contribution is -2.16. The molecule has 0 bridgehead atoms. The van der Waals surface area contributed by atoms with Crippen LogP contribution in [0.25, 0.3) is 10.9 Å². The van der Waals surface area contributed by atoms with E-state index in [2.05, 4.69) is 18.3 Å². The van der Waals surface area contributed by atoms with Gasteiger partial charge in [0, 0.05) is 17.1 Å². The van der Waals surface area contributed by atoms with Crippen molar-refractivity contribution in [3.8, 4) is 5.75 Å². The molecule has 0 unspecified atom stereocenters. The van der Waals surface area contributed by atoms with Crippen molar-refractivity contribution in [1.82, 2.24) is 4.98 Å². The number of carbonyl (C=O) groups excluding carboxylic acids is 1. The molecule has 1 N–H and O–H groups in total. The van der Waals surface area contributed by atoms with E-state index in [0.717, 1.165) is 50.5 Å². The minimum atomic E-state index is -0.0213. The van der Waals surface area contributed by atoms with Crippen LogP contribution in [-0.4, -0.2) is 23.8 Å². The van der Waals surface area contributed by atoms with E-state index in [1.807, 2.05) is 50.2 Å². The van der Waals surface area contributed by atoms with Crippen molar-refractivity contribution in [2.24, 2.45) is 0 Å². The molecule has 0 aliphatic heterocycles. The number of ether oxygens (including phenoxy) is 1. The first-order valence-corrected chi connectivity index (χ1v) is 9.97. The number of nitrogens with zero attached hydrogens (tertiary/aromatic N) is 1. The number of amides is 1. The summed E-state index contributed by atoms with van der Waals surface area (Å²) in [6.45, 7) is 6.11. The number of carbonyl (C=O) groups is 1. The van der Waals surface area contributed by atoms with Gasteiger partial charge in [-0.2, -0.15) is 0 Å². The van der Waals surface area contributed by atoms with Crippen LogP contribution in [0.4, 0.5) is 5.69 Å². The van der Waals surface area contributed by atoms with Crippen LogP contribution < -0.4 is 10.1 Å². The van der Waals surface area contributed by atoms with Crippen molar-refractivity contribution in [2.45, 2.75) is 32.2 Å². The lowest BCUT2D eigenvalue weighted by atomic mass is 10.1. The summed E-state index contributed by atoms with van der Waals surface area (Å²) in [5, 5.41) is 5.01. The van der Waals surface area contributed by atoms with Crippen molar-refractivity contribution in [2.75, 3.05) is 18.2 Å². The highest BCUT2D eigenvalue weighted by Crippen LogP contribution is 2.28. The van der Waals surface area contributed by atoms with Crippen LogP contribution in [0, 0.1) is 13.8 Å². The number of para-hydroxylation sites is 1. The van der Waals surface area contributed by atoms with Crippen molar-refractivity contribution >= 4 is 34.3 Å². The average Bonchev–Trinajstić information content (AvgIpc) is 2.68. The Hall–Kier alpha value is -2.53. The van der Waals surface area contributed by atoms with E-state index in [1.54, 1.807) is 7.11 Å². The smallest absolute Gasteiger partial charge is 0.234 e. The number of methoxy groups -OCH3 is 1. The van der Waals surface area contributed by atoms with E-state index < -0.39 is 0 Å². The van der Waals surface area contributed by atoms with Gasteiger partial charge in [0.25, 0.3) is 0 Å². The highest BCUT2D eigenvalue weighted by molar-refractivity contribution is 8.00. The fraction of sp³-hybridized carbons (Fsp3) is 0.273. The lowest BCUT2D eigenvalue weighted by Gasteiger charge is -2.12. The third-order valence-corrected chi connectivity index (χ3v) is 5.56. The fourth-order valence-corrected chi connectivity index (χ4v) is 3.89. The number of aromatic nitrogens is 1. The van der Waals surface area contributed by atoms with Gasteiger partial charge >= 0.3 is 0 Å². The van der Waals surface area contributed by atoms with Gasteiger partial charge in [0.15, 0.2) is 0 Å². The Bertz CT molecular complexity index is 965. The summed E-state index contributed by atoms with van der Waals surface area (Å²) in [5.41, 5.74) is 5.06. The number of hydrogen-bond donors (Lipinski definition) is 1. The zero-order valence-electron chi connectivity index (χ0n) is 16.1. The second-order valence-electron chi connectivity index (χ2n) is 6.47. The molecule has 3 aromatic rings. The number of fused-ring (bicyclic) bond motifs is 1. The largest absolute Gasteiger partial charge is 0.497 e. The van der Waals surface area contributed by atoms with Crippen LogP contribution in [0.5, 0.6) is 5.75 Å². The number of aryl methyl sites for hydroxylation is 3. The summed E-state index contributed by atoms with van der Waals surface area (Å²) < 4.78 is 5.29. The molecule has 0 aliphatic rings. The Kier molecular flexibility index (Phi) is 6.01. The van der Waals surface area contributed by atoms with E-state index in [4.69, 9.17) is 9.72 Å². The van der Waals surface area contributed by atoms with Crippen LogP contribution in [-0.2, 0) is 11.2 Å². The number of rotatable bonds is 6. The van der Waals surface area contributed by atoms with Gasteiger partial charge in [-0.15, -0.1) is 0 Å². The van der Waals surface area contributed by atoms with Crippen LogP contribution in [0.1, 0.15) is 23.6 Å². The van der Waals surface area contributed by atoms with E-state index in [-0.39, 0.29) is 5.91 Å². The van der Waals surface area contributed by atoms with Crippen molar-refractivity contribution < 1.29 is 9.53 Å². The standard InChI is InChI=1S/C22H24N2O2S/c1-5-16-11-17-9-10-18(26-4)12-19(17)23-22(16)27-13-20(25)24-21-14(2)7-6-8-15(21)3/h6-12H,5,13H2,1-4H3,(H,24,25). The SMILES string of the molecule is CCc1cc2ccc(OC)cc2nc1SCC(=O)Nc1c(C)cccc1C. The molecule has 5 heteroatoms. The van der Waals surface area contributed by atoms with Crippen LogP contribution in [0.2, 0.25) is 0 Å². The highest BCUT2D eigenvalue weighted by atomic mass is 32.2. The Labute approximate surface area is 164 Å². The maximum atomic E-state index is 12.5. The van der Waals surface area contributed by atoms with E-state index >= 15 is 0 Å². The fourth-order valence-electron chi connectivity index (χ4n) is 3.00. The molecule has 3 rings (SSSR count). The summed E-state index contributed by atoms with van der Waals surface area (Å²) in [4.78, 5) is 17.2. The quantitative estimate of drug-likeness (QED) is 0.601. The average molecular weight is 381 g/mol. The molecule has 0 saturated carbocycles. The van der Waals surface area contributed by atoms with Gasteiger partial charge in [-0.25, -0.2) is 4.98 Å². The Morgan fingerprint density at radius 3 is 2.56 bits per heavy atom. The number of thioether (sulfide) groups is 1. The number of benzene rings is 2. The maximum Gasteiger partial charge on any atom is 0.234 e. The zero-order valence-corrected chi connectivity index (χ0v) is 16.9. The number of nitrogens with one attached hydrogen (secondary N) is 1. The summed E-state index contributed by atoms with van der Waals surface area (Å²) >= 11 is 1.48. The lowest BCUT2D eigenvalue weighted by molar-refractivity contribution is -0.113. The zero-order chi connectivity index (χ0) is 19.4. The molecule has 0 saturated heterocycles. The molecule has 0 fully saturated rings. The Morgan fingerprint density at radius 2 is 1.89 bits per heavy atom. The van der Waals surface area contributed by atoms with E-state index in [0.29, 0.717) is 5.75 Å². The van der Waals surface area contributed by atoms with E-state index in [1.165, 1.54) is 11.8 Å². The van der Waals surface area contributed by atoms with Crippen molar-refractivity contribution in [3.05, 3.63) is 59.2 Å². The predicted molar refractivity (Wildman–Crippen MR) is 113 cm³/mol. The number of hydrogen-bond acceptors (Lipinski definition) is 4. The monoisotopic (exact) mass is 380 g/mol. The van der Waals surface area contributed by atoms with Crippen LogP contribution in [0.3, 0.4) is 0 Å². The van der Waals surface area contributed by atoms with Crippen molar-refractivity contribution in [3.63, 3.8) is 0 Å². The minimum absolute atomic E-state index is 0.0213. The molecule has 1 heterocycles. The van der Waals surface area contributed by atoms with E-state index in [9.17, 15) is 4.79 Å². The molecule has 4 nitrogen and oxygen atoms in total. The third kappa shape index (κ3) is 4.42. The van der Waals surface area contributed by atoms with Gasteiger partial charge in [0.1, 0.15) is 10.8 Å². The first-order valence-electron chi connectivity index (χ1n) is 8.98. The first kappa shape index (κ1) is 19.2. The molecule has 1 amide bonds. The first-order chi connectivity index (χ1) is 13.0. The van der Waals surface area contributed by atoms with Gasteiger partial charge in [0.05, 0.1) is 18.4 Å². The Morgan fingerprint density at radius 1 is 1.15 bits per heavy atom. The minimum Gasteiger partial charge on any atom is -0.497 e. The highest BCUT2D eigenvalue weighted by Gasteiger charge is 2.12.